The van der Waals surface area contributed by atoms with Crippen molar-refractivity contribution < 1.29 is 14.3 Å². The predicted octanol–water partition coefficient (Wildman–Crippen LogP) is 1.27. The summed E-state index contributed by atoms with van der Waals surface area (Å²) in [6.45, 7) is 0.627. The molecular formula is C16H22N2O3. The molecule has 0 radical (unpaired) electrons. The zero-order valence-electron chi connectivity index (χ0n) is 12.4. The fraction of sp³-hybridized carbons (Fsp3) is 0.500. The van der Waals surface area contributed by atoms with Gasteiger partial charge in [-0.3, -0.25) is 9.59 Å². The van der Waals surface area contributed by atoms with Crippen LogP contribution in [-0.4, -0.2) is 32.0 Å². The van der Waals surface area contributed by atoms with Gasteiger partial charge in [0.25, 0.3) is 0 Å². The van der Waals surface area contributed by atoms with E-state index < -0.39 is 0 Å². The first kappa shape index (κ1) is 15.4. The molecule has 2 rings (SSSR count). The molecule has 0 heterocycles. The van der Waals surface area contributed by atoms with E-state index in [1.807, 2.05) is 24.3 Å². The Morgan fingerprint density at radius 3 is 2.48 bits per heavy atom. The number of rotatable bonds is 7. The first-order valence-electron chi connectivity index (χ1n) is 7.36. The Kier molecular flexibility index (Phi) is 5.60. The molecule has 5 heteroatoms. The van der Waals surface area contributed by atoms with Crippen LogP contribution in [0.3, 0.4) is 0 Å². The van der Waals surface area contributed by atoms with E-state index in [-0.39, 0.29) is 24.3 Å². The molecule has 2 N–H and O–H groups in total. The summed E-state index contributed by atoms with van der Waals surface area (Å²) in [4.78, 5) is 23.2. The minimum absolute atomic E-state index is 0.00607. The maximum absolute atomic E-state index is 11.6. The third-order valence-electron chi connectivity index (χ3n) is 3.79. The Hall–Kier alpha value is -2.04. The molecule has 1 fully saturated rings. The van der Waals surface area contributed by atoms with Gasteiger partial charge in [-0.15, -0.1) is 0 Å². The van der Waals surface area contributed by atoms with E-state index in [0.717, 1.165) is 37.0 Å². The van der Waals surface area contributed by atoms with Gasteiger partial charge in [0.05, 0.1) is 13.7 Å². The minimum atomic E-state index is -0.142. The maximum Gasteiger partial charge on any atom is 0.239 e. The summed E-state index contributed by atoms with van der Waals surface area (Å²) in [7, 11) is 1.63. The number of carbonyl (C=O) groups excluding carboxylic acids is 2. The zero-order valence-corrected chi connectivity index (χ0v) is 12.4. The van der Waals surface area contributed by atoms with Gasteiger partial charge in [0, 0.05) is 12.5 Å². The first-order chi connectivity index (χ1) is 10.2. The Balaban J connectivity index is 1.60. The van der Waals surface area contributed by atoms with E-state index >= 15 is 0 Å². The van der Waals surface area contributed by atoms with Crippen molar-refractivity contribution in [2.45, 2.75) is 25.7 Å². The van der Waals surface area contributed by atoms with E-state index in [4.69, 9.17) is 4.74 Å². The number of amides is 2. The van der Waals surface area contributed by atoms with Gasteiger partial charge in [-0.25, -0.2) is 0 Å². The average molecular weight is 290 g/mol. The lowest BCUT2D eigenvalue weighted by molar-refractivity contribution is -0.130. The van der Waals surface area contributed by atoms with Gasteiger partial charge in [0.15, 0.2) is 0 Å². The van der Waals surface area contributed by atoms with Gasteiger partial charge >= 0.3 is 0 Å². The second-order valence-electron chi connectivity index (χ2n) is 5.29. The van der Waals surface area contributed by atoms with Crippen molar-refractivity contribution in [2.75, 3.05) is 20.2 Å². The van der Waals surface area contributed by atoms with Gasteiger partial charge in [0.1, 0.15) is 5.75 Å². The molecule has 2 amide bonds. The third-order valence-corrected chi connectivity index (χ3v) is 3.79. The average Bonchev–Trinajstić information content (AvgIpc) is 2.44. The molecule has 1 aliphatic rings. The Morgan fingerprint density at radius 2 is 1.90 bits per heavy atom. The van der Waals surface area contributed by atoms with Gasteiger partial charge in [-0.2, -0.15) is 0 Å². The second kappa shape index (κ2) is 7.67. The molecule has 5 nitrogen and oxygen atoms in total. The molecule has 21 heavy (non-hydrogen) atoms. The van der Waals surface area contributed by atoms with Crippen LogP contribution in [0.25, 0.3) is 0 Å². The van der Waals surface area contributed by atoms with Crippen LogP contribution in [0.4, 0.5) is 0 Å². The molecule has 1 saturated carbocycles. The smallest absolute Gasteiger partial charge is 0.239 e. The minimum Gasteiger partial charge on any atom is -0.497 e. The van der Waals surface area contributed by atoms with Gasteiger partial charge < -0.3 is 15.4 Å². The van der Waals surface area contributed by atoms with Crippen LogP contribution in [-0.2, 0) is 16.0 Å². The number of nitrogens with one attached hydrogen (secondary N) is 2. The lowest BCUT2D eigenvalue weighted by Gasteiger charge is -2.23. The van der Waals surface area contributed by atoms with Crippen molar-refractivity contribution in [3.8, 4) is 5.75 Å². The number of benzene rings is 1. The van der Waals surface area contributed by atoms with Crippen molar-refractivity contribution in [2.24, 2.45) is 5.92 Å². The first-order valence-corrected chi connectivity index (χ1v) is 7.36. The van der Waals surface area contributed by atoms with Crippen LogP contribution in [0, 0.1) is 5.92 Å². The summed E-state index contributed by atoms with van der Waals surface area (Å²) in [5.41, 5.74) is 1.13. The maximum atomic E-state index is 11.6. The van der Waals surface area contributed by atoms with Crippen LogP contribution < -0.4 is 15.4 Å². The number of methoxy groups -OCH3 is 1. The number of ether oxygens (including phenoxy) is 1. The SMILES string of the molecule is COc1ccc(CCNC(=O)CNC(=O)C2CCC2)cc1. The Bertz CT molecular complexity index is 481. The van der Waals surface area contributed by atoms with E-state index in [0.29, 0.717) is 6.54 Å². The molecule has 0 saturated heterocycles. The van der Waals surface area contributed by atoms with E-state index in [1.54, 1.807) is 7.11 Å². The summed E-state index contributed by atoms with van der Waals surface area (Å²) in [6.07, 6.45) is 3.77. The summed E-state index contributed by atoms with van der Waals surface area (Å²) in [5.74, 6) is 0.807. The van der Waals surface area contributed by atoms with Crippen LogP contribution in [0.1, 0.15) is 24.8 Å². The predicted molar refractivity (Wildman–Crippen MR) is 80.1 cm³/mol. The van der Waals surface area contributed by atoms with Crippen LogP contribution in [0.15, 0.2) is 24.3 Å². The van der Waals surface area contributed by atoms with Crippen LogP contribution in [0.2, 0.25) is 0 Å². The molecule has 1 aliphatic carbocycles. The number of carbonyl (C=O) groups is 2. The molecule has 1 aromatic rings. The fourth-order valence-electron chi connectivity index (χ4n) is 2.18. The van der Waals surface area contributed by atoms with E-state index in [1.165, 1.54) is 0 Å². The van der Waals surface area contributed by atoms with E-state index in [9.17, 15) is 9.59 Å². The highest BCUT2D eigenvalue weighted by molar-refractivity contribution is 5.86. The molecule has 0 aliphatic heterocycles. The molecule has 0 atom stereocenters. The monoisotopic (exact) mass is 290 g/mol. The van der Waals surface area contributed by atoms with Crippen molar-refractivity contribution in [1.29, 1.82) is 0 Å². The normalized spacial score (nSPS) is 14.1. The highest BCUT2D eigenvalue weighted by Crippen LogP contribution is 2.25. The zero-order chi connectivity index (χ0) is 15.1. The van der Waals surface area contributed by atoms with Crippen molar-refractivity contribution in [1.82, 2.24) is 10.6 Å². The summed E-state index contributed by atoms with van der Waals surface area (Å²) < 4.78 is 5.09. The molecule has 0 unspecified atom stereocenters. The Labute approximate surface area is 125 Å². The topological polar surface area (TPSA) is 67.4 Å². The van der Waals surface area contributed by atoms with E-state index in [2.05, 4.69) is 10.6 Å². The summed E-state index contributed by atoms with van der Waals surface area (Å²) in [6, 6.07) is 7.75. The highest BCUT2D eigenvalue weighted by Gasteiger charge is 2.25. The lowest BCUT2D eigenvalue weighted by Crippen LogP contribution is -2.41. The molecular weight excluding hydrogens is 268 g/mol. The standard InChI is InChI=1S/C16H22N2O3/c1-21-14-7-5-12(6-8-14)9-10-17-15(19)11-18-16(20)13-3-2-4-13/h5-8,13H,2-4,9-11H2,1H3,(H,17,19)(H,18,20). The van der Waals surface area contributed by atoms with Crippen LogP contribution >= 0.6 is 0 Å². The molecule has 0 bridgehead atoms. The number of hydrogen-bond donors (Lipinski definition) is 2. The second-order valence-corrected chi connectivity index (χ2v) is 5.29. The van der Waals surface area contributed by atoms with Gasteiger partial charge in [0.2, 0.25) is 11.8 Å². The largest absolute Gasteiger partial charge is 0.497 e. The Morgan fingerprint density at radius 1 is 1.19 bits per heavy atom. The van der Waals surface area contributed by atoms with Crippen molar-refractivity contribution in [3.05, 3.63) is 29.8 Å². The third kappa shape index (κ3) is 4.77. The molecule has 1 aromatic carbocycles. The molecule has 114 valence electrons. The highest BCUT2D eigenvalue weighted by atomic mass is 16.5. The summed E-state index contributed by atoms with van der Waals surface area (Å²) >= 11 is 0. The van der Waals surface area contributed by atoms with Crippen LogP contribution in [0.5, 0.6) is 5.75 Å². The summed E-state index contributed by atoms with van der Waals surface area (Å²) in [5, 5.41) is 5.49. The lowest BCUT2D eigenvalue weighted by atomic mass is 9.85. The molecule has 0 aromatic heterocycles. The van der Waals surface area contributed by atoms with Crippen molar-refractivity contribution in [3.63, 3.8) is 0 Å². The number of hydrogen-bond acceptors (Lipinski definition) is 3. The fourth-order valence-corrected chi connectivity index (χ4v) is 2.18. The van der Waals surface area contributed by atoms with Gasteiger partial charge in [-0.1, -0.05) is 18.6 Å². The quantitative estimate of drug-likeness (QED) is 0.794. The van der Waals surface area contributed by atoms with Gasteiger partial charge in [-0.05, 0) is 37.0 Å². The van der Waals surface area contributed by atoms with Crippen molar-refractivity contribution >= 4 is 11.8 Å². The molecule has 0 spiro atoms.